The van der Waals surface area contributed by atoms with Gasteiger partial charge in [0.25, 0.3) is 0 Å². The molecule has 14 heteroatoms. The maximum atomic E-state index is 13.1. The minimum Gasteiger partial charge on any atom is -0.327 e. The summed E-state index contributed by atoms with van der Waals surface area (Å²) in [7, 11) is 3.57. The van der Waals surface area contributed by atoms with Crippen LogP contribution < -0.4 is 5.32 Å². The molecule has 2 aliphatic rings. The van der Waals surface area contributed by atoms with E-state index >= 15 is 0 Å². The Morgan fingerprint density at radius 2 is 1.16 bits per heavy atom. The van der Waals surface area contributed by atoms with Crippen LogP contribution in [0.25, 0.3) is 22.1 Å². The number of aromatic nitrogens is 4. The normalized spacial score (nSPS) is 18.9. The van der Waals surface area contributed by atoms with Crippen LogP contribution in [0.4, 0.5) is 0 Å². The third-order valence-corrected chi connectivity index (χ3v) is 14.8. The Labute approximate surface area is 330 Å². The maximum absolute atomic E-state index is 13.1. The predicted molar refractivity (Wildman–Crippen MR) is 224 cm³/mol. The van der Waals surface area contributed by atoms with E-state index in [9.17, 15) is 16.8 Å². The fraction of sp³-hybridized carbons (Fsp3) is 0.659. The van der Waals surface area contributed by atoms with Crippen molar-refractivity contribution in [2.24, 2.45) is 10.8 Å². The summed E-state index contributed by atoms with van der Waals surface area (Å²) in [4.78, 5) is 16.9. The molecule has 4 heterocycles. The lowest BCUT2D eigenvalue weighted by atomic mass is 9.92. The molecular formula is C41H66N8O4S2. The Kier molecular flexibility index (Phi) is 13.3. The van der Waals surface area contributed by atoms with Crippen molar-refractivity contribution in [1.29, 1.82) is 0 Å². The van der Waals surface area contributed by atoms with Gasteiger partial charge in [0.1, 0.15) is 11.6 Å². The van der Waals surface area contributed by atoms with Crippen molar-refractivity contribution in [3.05, 3.63) is 48.0 Å². The number of benzene rings is 2. The summed E-state index contributed by atoms with van der Waals surface area (Å²) < 4.78 is 56.5. The van der Waals surface area contributed by atoms with Crippen LogP contribution in [-0.2, 0) is 45.6 Å². The molecular weight excluding hydrogens is 733 g/mol. The van der Waals surface area contributed by atoms with Crippen LogP contribution in [0.3, 0.4) is 0 Å². The fourth-order valence-electron chi connectivity index (χ4n) is 7.42. The average Bonchev–Trinajstić information content (AvgIpc) is 3.87. The largest absolute Gasteiger partial charge is 0.327 e. The summed E-state index contributed by atoms with van der Waals surface area (Å²) in [5.74, 6) is 2.05. The molecule has 0 unspecified atom stereocenters. The first-order chi connectivity index (χ1) is 25.5. The number of likely N-dealkylation sites (N-methyl/N-ethyl adjacent to an activating group) is 2. The number of hydrogen-bond acceptors (Lipinski definition) is 10. The van der Waals surface area contributed by atoms with Crippen LogP contribution in [0, 0.1) is 10.8 Å². The first kappa shape index (κ1) is 43.2. The molecule has 0 bridgehead atoms. The Balaban J connectivity index is 0.000000211. The van der Waals surface area contributed by atoms with E-state index in [-0.39, 0.29) is 21.3 Å². The van der Waals surface area contributed by atoms with Crippen LogP contribution in [0.2, 0.25) is 0 Å². The van der Waals surface area contributed by atoms with Gasteiger partial charge in [-0.15, -0.1) is 0 Å². The highest BCUT2D eigenvalue weighted by atomic mass is 32.2. The molecule has 306 valence electrons. The molecule has 0 spiro atoms. The number of likely N-dealkylation sites (tertiary alicyclic amines) is 1. The highest BCUT2D eigenvalue weighted by Crippen LogP contribution is 2.30. The molecule has 0 aliphatic carbocycles. The van der Waals surface area contributed by atoms with E-state index in [1.807, 2.05) is 19.2 Å². The summed E-state index contributed by atoms with van der Waals surface area (Å²) >= 11 is 0. The first-order valence-electron chi connectivity index (χ1n) is 19.7. The summed E-state index contributed by atoms with van der Waals surface area (Å²) in [6.45, 7) is 19.5. The molecule has 0 amide bonds. The highest BCUT2D eigenvalue weighted by molar-refractivity contribution is 7.92. The van der Waals surface area contributed by atoms with E-state index in [0.717, 1.165) is 85.8 Å². The van der Waals surface area contributed by atoms with E-state index in [1.54, 1.807) is 24.3 Å². The number of sulfone groups is 2. The van der Waals surface area contributed by atoms with Crippen molar-refractivity contribution in [2.75, 3.05) is 74.5 Å². The number of nitrogens with one attached hydrogen (secondary N) is 1. The van der Waals surface area contributed by atoms with Gasteiger partial charge in [0.05, 0.1) is 42.4 Å². The molecule has 4 aromatic rings. The van der Waals surface area contributed by atoms with Crippen molar-refractivity contribution in [3.8, 4) is 0 Å². The van der Waals surface area contributed by atoms with Crippen molar-refractivity contribution in [1.82, 2.24) is 39.1 Å². The Bertz CT molecular complexity index is 2150. The molecule has 2 aliphatic heterocycles. The first-order valence-corrected chi connectivity index (χ1v) is 22.8. The summed E-state index contributed by atoms with van der Waals surface area (Å²) in [5.41, 5.74) is 3.82. The van der Waals surface area contributed by atoms with E-state index in [0.29, 0.717) is 35.7 Å². The molecule has 12 nitrogen and oxygen atoms in total. The number of hydrogen-bond donors (Lipinski definition) is 1. The molecule has 1 N–H and O–H groups in total. The summed E-state index contributed by atoms with van der Waals surface area (Å²) in [6, 6.07) is 10.9. The fourth-order valence-corrected chi connectivity index (χ4v) is 10.9. The van der Waals surface area contributed by atoms with Crippen molar-refractivity contribution >= 4 is 41.7 Å². The molecule has 6 rings (SSSR count). The van der Waals surface area contributed by atoms with Crippen LogP contribution in [0.5, 0.6) is 0 Å². The Morgan fingerprint density at radius 1 is 0.709 bits per heavy atom. The molecule has 2 atom stereocenters. The van der Waals surface area contributed by atoms with Crippen LogP contribution in [0.1, 0.15) is 66.0 Å². The van der Waals surface area contributed by atoms with Gasteiger partial charge in [-0.3, -0.25) is 0 Å². The van der Waals surface area contributed by atoms with Crippen molar-refractivity contribution < 1.29 is 16.8 Å². The zero-order valence-corrected chi connectivity index (χ0v) is 36.8. The molecule has 0 saturated carbocycles. The lowest BCUT2D eigenvalue weighted by Gasteiger charge is -2.19. The van der Waals surface area contributed by atoms with Gasteiger partial charge in [0.15, 0.2) is 19.7 Å². The van der Waals surface area contributed by atoms with Gasteiger partial charge < -0.3 is 29.2 Å². The predicted octanol–water partition coefficient (Wildman–Crippen LogP) is 4.99. The second-order valence-corrected chi connectivity index (χ2v) is 23.1. The Hall–Kier alpha value is -2.88. The minimum absolute atomic E-state index is 0.112. The van der Waals surface area contributed by atoms with Crippen molar-refractivity contribution in [3.63, 3.8) is 0 Å². The van der Waals surface area contributed by atoms with Gasteiger partial charge in [-0.05, 0) is 108 Å². The zero-order valence-electron chi connectivity index (χ0n) is 35.2. The standard InChI is InChI=1S/C21H34N4O2S.C20H32N4O2S/c1-21(2,3)14-20-22-18-13-16(28(26,27)17-9-10-24(6)15-17)7-8-19(18)25(20)12-11-23(4)5;1-20(2,3)13-19-22-17-12-15(27(25,26)16-8-9-21-14-16)6-7-18(17)24(19)11-10-23(4)5/h7-8,13,17H,9-12,14-15H2,1-6H3;6-7,12,16,21H,8-11,13-14H2,1-5H3/t17-;16-/m11/s1. The topological polar surface area (TPSA) is 126 Å². The van der Waals surface area contributed by atoms with Crippen LogP contribution in [-0.4, -0.2) is 136 Å². The number of nitrogens with zero attached hydrogens (tertiary/aromatic N) is 7. The second-order valence-electron chi connectivity index (χ2n) is 18.6. The van der Waals surface area contributed by atoms with Gasteiger partial charge in [-0.2, -0.15) is 0 Å². The van der Waals surface area contributed by atoms with Gasteiger partial charge in [-0.1, -0.05) is 41.5 Å². The maximum Gasteiger partial charge on any atom is 0.182 e. The van der Waals surface area contributed by atoms with E-state index in [4.69, 9.17) is 9.97 Å². The Morgan fingerprint density at radius 3 is 1.53 bits per heavy atom. The third-order valence-electron chi connectivity index (χ3n) is 10.4. The monoisotopic (exact) mass is 798 g/mol. The SMILES string of the molecule is CN(C)CCn1c(CC(C)(C)C)nc2cc(S(=O)(=O)[C@@H]3CCN(C)C3)ccc21.CN(C)CCn1c(CC(C)(C)C)nc2cc(S(=O)(=O)[C@@H]3CCNC3)ccc21. The van der Waals surface area contributed by atoms with E-state index in [2.05, 4.69) is 98.9 Å². The third kappa shape index (κ3) is 10.7. The molecule has 2 fully saturated rings. The van der Waals surface area contributed by atoms with Gasteiger partial charge in [0, 0.05) is 52.1 Å². The van der Waals surface area contributed by atoms with E-state index in [1.165, 1.54) is 0 Å². The van der Waals surface area contributed by atoms with E-state index < -0.39 is 19.7 Å². The quantitative estimate of drug-likeness (QED) is 0.210. The molecule has 2 saturated heterocycles. The lowest BCUT2D eigenvalue weighted by Crippen LogP contribution is -2.25. The van der Waals surface area contributed by atoms with Crippen LogP contribution >= 0.6 is 0 Å². The van der Waals surface area contributed by atoms with Crippen molar-refractivity contribution in [2.45, 2.75) is 101 Å². The summed E-state index contributed by atoms with van der Waals surface area (Å²) in [5, 5.41) is 2.49. The minimum atomic E-state index is -3.33. The smallest absolute Gasteiger partial charge is 0.182 e. The zero-order chi connectivity index (χ0) is 40.5. The van der Waals surface area contributed by atoms with Gasteiger partial charge in [0.2, 0.25) is 0 Å². The average molecular weight is 799 g/mol. The number of rotatable bonds is 12. The highest BCUT2D eigenvalue weighted by Gasteiger charge is 2.34. The molecule has 0 radical (unpaired) electrons. The lowest BCUT2D eigenvalue weighted by molar-refractivity contribution is 0.364. The summed E-state index contributed by atoms with van der Waals surface area (Å²) in [6.07, 6.45) is 3.07. The van der Waals surface area contributed by atoms with Gasteiger partial charge in [-0.25, -0.2) is 26.8 Å². The second kappa shape index (κ2) is 16.9. The van der Waals surface area contributed by atoms with Crippen LogP contribution in [0.15, 0.2) is 46.2 Å². The molecule has 2 aromatic carbocycles. The molecule has 55 heavy (non-hydrogen) atoms. The van der Waals surface area contributed by atoms with Gasteiger partial charge >= 0.3 is 0 Å². The number of imidazole rings is 2. The molecule has 2 aromatic heterocycles. The number of fused-ring (bicyclic) bond motifs is 2.